The Morgan fingerprint density at radius 3 is 2.84 bits per heavy atom. The van der Waals surface area contributed by atoms with Crippen LogP contribution >= 0.6 is 11.3 Å². The van der Waals surface area contributed by atoms with E-state index < -0.39 is 5.97 Å². The first kappa shape index (κ1) is 20.3. The van der Waals surface area contributed by atoms with Crippen molar-refractivity contribution in [3.63, 3.8) is 0 Å². The summed E-state index contributed by atoms with van der Waals surface area (Å²) in [7, 11) is 1.48. The number of methoxy groups -OCH3 is 1. The summed E-state index contributed by atoms with van der Waals surface area (Å²) in [4.78, 5) is 29.1. The van der Waals surface area contributed by atoms with Gasteiger partial charge in [0.2, 0.25) is 0 Å². The maximum Gasteiger partial charge on any atom is 0.353 e. The first-order valence-electron chi connectivity index (χ1n) is 9.29. The second-order valence-corrected chi connectivity index (χ2v) is 7.38. The number of ether oxygens (including phenoxy) is 2. The lowest BCUT2D eigenvalue weighted by atomic mass is 10.2. The molecule has 0 fully saturated rings. The van der Waals surface area contributed by atoms with Gasteiger partial charge in [-0.25, -0.2) is 15.2 Å². The van der Waals surface area contributed by atoms with Crippen LogP contribution in [0.1, 0.15) is 15.2 Å². The van der Waals surface area contributed by atoms with Gasteiger partial charge in [0.15, 0.2) is 11.5 Å². The Labute approximate surface area is 181 Å². The number of aromatic nitrogens is 2. The van der Waals surface area contributed by atoms with Gasteiger partial charge in [-0.15, -0.1) is 11.3 Å². The Hall–Kier alpha value is -3.98. The molecule has 0 atom stereocenters. The predicted octanol–water partition coefficient (Wildman–Crippen LogP) is 3.48. The van der Waals surface area contributed by atoms with Crippen molar-refractivity contribution in [2.75, 3.05) is 7.11 Å². The SMILES string of the molecule is COc1cc(C=NNC(=O)Cn2cnc3ccccc32)ccc1OC(=O)c1cccs1. The molecule has 2 heterocycles. The molecular formula is C22H18N4O4S. The van der Waals surface area contributed by atoms with E-state index in [0.717, 1.165) is 11.0 Å². The summed E-state index contributed by atoms with van der Waals surface area (Å²) in [5.74, 6) is -0.0546. The average Bonchev–Trinajstić information content (AvgIpc) is 3.45. The normalized spacial score (nSPS) is 11.0. The van der Waals surface area contributed by atoms with Gasteiger partial charge >= 0.3 is 5.97 Å². The van der Waals surface area contributed by atoms with Crippen LogP contribution in [-0.4, -0.2) is 34.8 Å². The van der Waals surface area contributed by atoms with Gasteiger partial charge in [-0.1, -0.05) is 18.2 Å². The number of imidazole rings is 1. The van der Waals surface area contributed by atoms with E-state index in [1.807, 2.05) is 24.3 Å². The second kappa shape index (κ2) is 9.23. The van der Waals surface area contributed by atoms with Crippen molar-refractivity contribution in [2.45, 2.75) is 6.54 Å². The van der Waals surface area contributed by atoms with Crippen LogP contribution in [0.3, 0.4) is 0 Å². The fourth-order valence-corrected chi connectivity index (χ4v) is 3.50. The number of amides is 1. The molecule has 2 aromatic carbocycles. The van der Waals surface area contributed by atoms with Gasteiger partial charge in [-0.05, 0) is 47.3 Å². The van der Waals surface area contributed by atoms with Gasteiger partial charge in [0.05, 0.1) is 30.7 Å². The zero-order valence-electron chi connectivity index (χ0n) is 16.5. The lowest BCUT2D eigenvalue weighted by molar-refractivity contribution is -0.121. The molecule has 1 N–H and O–H groups in total. The van der Waals surface area contributed by atoms with E-state index in [1.165, 1.54) is 24.7 Å². The number of nitrogens with zero attached hydrogens (tertiary/aromatic N) is 3. The molecule has 4 rings (SSSR count). The average molecular weight is 434 g/mol. The number of para-hydroxylation sites is 2. The summed E-state index contributed by atoms with van der Waals surface area (Å²) in [6.07, 6.45) is 3.10. The van der Waals surface area contributed by atoms with E-state index in [1.54, 1.807) is 46.6 Å². The molecule has 1 amide bonds. The molecule has 0 unspecified atom stereocenters. The number of benzene rings is 2. The monoisotopic (exact) mass is 434 g/mol. The number of thiophene rings is 1. The Bertz CT molecular complexity index is 1250. The van der Waals surface area contributed by atoms with Gasteiger partial charge < -0.3 is 14.0 Å². The fourth-order valence-electron chi connectivity index (χ4n) is 2.90. The van der Waals surface area contributed by atoms with E-state index in [0.29, 0.717) is 21.9 Å². The van der Waals surface area contributed by atoms with Crippen LogP contribution in [0.25, 0.3) is 11.0 Å². The molecule has 0 aliphatic rings. The minimum absolute atomic E-state index is 0.0960. The molecule has 9 heteroatoms. The summed E-state index contributed by atoms with van der Waals surface area (Å²) in [6.45, 7) is 0.0960. The molecule has 0 bridgehead atoms. The molecule has 0 saturated heterocycles. The van der Waals surface area contributed by atoms with Crippen LogP contribution in [0, 0.1) is 0 Å². The molecular weight excluding hydrogens is 416 g/mol. The number of rotatable bonds is 7. The van der Waals surface area contributed by atoms with E-state index in [9.17, 15) is 9.59 Å². The van der Waals surface area contributed by atoms with E-state index in [2.05, 4.69) is 15.5 Å². The summed E-state index contributed by atoms with van der Waals surface area (Å²) in [6, 6.07) is 16.0. The molecule has 156 valence electrons. The quantitative estimate of drug-likeness (QED) is 0.208. The standard InChI is InChI=1S/C22H18N4O4S/c1-29-19-11-15(8-9-18(19)30-22(28)20-7-4-10-31-20)12-24-25-21(27)13-26-14-23-16-5-2-3-6-17(16)26/h2-12,14H,13H2,1H3,(H,25,27). The Morgan fingerprint density at radius 2 is 2.03 bits per heavy atom. The largest absolute Gasteiger partial charge is 0.493 e. The number of hydrogen-bond acceptors (Lipinski definition) is 7. The van der Waals surface area contributed by atoms with E-state index in [4.69, 9.17) is 9.47 Å². The van der Waals surface area contributed by atoms with E-state index in [-0.39, 0.29) is 12.5 Å². The van der Waals surface area contributed by atoms with Crippen molar-refractivity contribution in [3.8, 4) is 11.5 Å². The zero-order chi connectivity index (χ0) is 21.6. The molecule has 0 aliphatic carbocycles. The third-order valence-electron chi connectivity index (χ3n) is 4.36. The molecule has 8 nitrogen and oxygen atoms in total. The van der Waals surface area contributed by atoms with Crippen molar-refractivity contribution < 1.29 is 19.1 Å². The van der Waals surface area contributed by atoms with Crippen molar-refractivity contribution in [2.24, 2.45) is 5.10 Å². The van der Waals surface area contributed by atoms with Gasteiger partial charge in [0.25, 0.3) is 5.91 Å². The van der Waals surface area contributed by atoms with Crippen LogP contribution in [0.5, 0.6) is 11.5 Å². The predicted molar refractivity (Wildman–Crippen MR) is 118 cm³/mol. The van der Waals surface area contributed by atoms with Crippen molar-refractivity contribution in [1.29, 1.82) is 0 Å². The van der Waals surface area contributed by atoms with Gasteiger partial charge in [-0.3, -0.25) is 4.79 Å². The van der Waals surface area contributed by atoms with Gasteiger partial charge in [0, 0.05) is 0 Å². The highest BCUT2D eigenvalue weighted by Crippen LogP contribution is 2.28. The van der Waals surface area contributed by atoms with Gasteiger partial charge in [0.1, 0.15) is 11.4 Å². The summed E-state index contributed by atoms with van der Waals surface area (Å²) >= 11 is 1.30. The molecule has 2 aromatic heterocycles. The molecule has 31 heavy (non-hydrogen) atoms. The van der Waals surface area contributed by atoms with Crippen molar-refractivity contribution >= 4 is 40.5 Å². The molecule has 0 aliphatic heterocycles. The maximum atomic E-state index is 12.2. The van der Waals surface area contributed by atoms with Crippen LogP contribution in [0.4, 0.5) is 0 Å². The molecule has 0 saturated carbocycles. The lowest BCUT2D eigenvalue weighted by Gasteiger charge is -2.09. The number of carbonyl (C=O) groups is 2. The topological polar surface area (TPSA) is 94.8 Å². The first-order chi connectivity index (χ1) is 15.1. The molecule has 0 spiro atoms. The molecule has 4 aromatic rings. The Kier molecular flexibility index (Phi) is 6.04. The van der Waals surface area contributed by atoms with E-state index >= 15 is 0 Å². The summed E-state index contributed by atoms with van der Waals surface area (Å²) in [5.41, 5.74) is 4.86. The molecule has 0 radical (unpaired) electrons. The number of hydrogen-bond donors (Lipinski definition) is 1. The second-order valence-electron chi connectivity index (χ2n) is 6.43. The number of nitrogens with one attached hydrogen (secondary N) is 1. The minimum atomic E-state index is -0.450. The third-order valence-corrected chi connectivity index (χ3v) is 5.21. The number of esters is 1. The Balaban J connectivity index is 1.38. The van der Waals surface area contributed by atoms with Crippen molar-refractivity contribution in [3.05, 3.63) is 76.7 Å². The number of fused-ring (bicyclic) bond motifs is 1. The number of hydrazone groups is 1. The maximum absolute atomic E-state index is 12.2. The van der Waals surface area contributed by atoms with Crippen LogP contribution in [0.2, 0.25) is 0 Å². The Morgan fingerprint density at radius 1 is 1.16 bits per heavy atom. The van der Waals surface area contributed by atoms with Gasteiger partial charge in [-0.2, -0.15) is 5.10 Å². The van der Waals surface area contributed by atoms with Crippen molar-refractivity contribution in [1.82, 2.24) is 15.0 Å². The summed E-state index contributed by atoms with van der Waals surface area (Å²) in [5, 5.41) is 5.79. The highest BCUT2D eigenvalue weighted by molar-refractivity contribution is 7.12. The zero-order valence-corrected chi connectivity index (χ0v) is 17.3. The highest BCUT2D eigenvalue weighted by atomic mass is 32.1. The smallest absolute Gasteiger partial charge is 0.353 e. The highest BCUT2D eigenvalue weighted by Gasteiger charge is 2.13. The third kappa shape index (κ3) is 4.78. The minimum Gasteiger partial charge on any atom is -0.493 e. The van der Waals surface area contributed by atoms with Crippen LogP contribution < -0.4 is 14.9 Å². The fraction of sp³-hybridized carbons (Fsp3) is 0.0909. The van der Waals surface area contributed by atoms with Crippen LogP contribution in [-0.2, 0) is 11.3 Å². The van der Waals surface area contributed by atoms with Crippen LogP contribution in [0.15, 0.2) is 71.4 Å². The summed E-state index contributed by atoms with van der Waals surface area (Å²) < 4.78 is 12.5. The first-order valence-corrected chi connectivity index (χ1v) is 10.2. The lowest BCUT2D eigenvalue weighted by Crippen LogP contribution is -2.22. The number of carbonyl (C=O) groups excluding carboxylic acids is 2.